The first kappa shape index (κ1) is 14.8. The van der Waals surface area contributed by atoms with Crippen LogP contribution in [0.3, 0.4) is 0 Å². The summed E-state index contributed by atoms with van der Waals surface area (Å²) in [4.78, 5) is 8.54. The second kappa shape index (κ2) is 7.22. The summed E-state index contributed by atoms with van der Waals surface area (Å²) < 4.78 is 5.40. The van der Waals surface area contributed by atoms with E-state index in [0.717, 1.165) is 45.8 Å². The zero-order chi connectivity index (χ0) is 13.7. The summed E-state index contributed by atoms with van der Waals surface area (Å²) in [5.41, 5.74) is 1.25. The van der Waals surface area contributed by atoms with Gasteiger partial charge in [-0.25, -0.2) is 4.98 Å². The maximum atomic E-state index is 5.40. The van der Waals surface area contributed by atoms with E-state index in [-0.39, 0.29) is 0 Å². The van der Waals surface area contributed by atoms with E-state index in [2.05, 4.69) is 31.0 Å². The lowest BCUT2D eigenvalue weighted by Crippen LogP contribution is -2.36. The van der Waals surface area contributed by atoms with Gasteiger partial charge in [-0.1, -0.05) is 20.8 Å². The summed E-state index contributed by atoms with van der Waals surface area (Å²) in [6.45, 7) is 12.2. The number of morpholine rings is 1. The SMILES string of the molecule is CCc1nc(N2CCOCC2)sc1CNCC(C)C. The van der Waals surface area contributed by atoms with Crippen molar-refractivity contribution in [3.63, 3.8) is 0 Å². The Kier molecular flexibility index (Phi) is 5.60. The van der Waals surface area contributed by atoms with Crippen LogP contribution in [0.4, 0.5) is 5.13 Å². The molecule has 1 aliphatic heterocycles. The first-order valence-electron chi connectivity index (χ1n) is 7.22. The first-order chi connectivity index (χ1) is 9.20. The molecule has 0 spiro atoms. The van der Waals surface area contributed by atoms with Crippen LogP contribution < -0.4 is 10.2 Å². The molecule has 108 valence electrons. The van der Waals surface area contributed by atoms with Crippen molar-refractivity contribution in [1.82, 2.24) is 10.3 Å². The summed E-state index contributed by atoms with van der Waals surface area (Å²) in [5.74, 6) is 0.691. The maximum absolute atomic E-state index is 5.40. The second-order valence-corrected chi connectivity index (χ2v) is 6.41. The van der Waals surface area contributed by atoms with Crippen molar-refractivity contribution in [3.05, 3.63) is 10.6 Å². The number of rotatable bonds is 6. The number of aryl methyl sites for hydroxylation is 1. The van der Waals surface area contributed by atoms with Gasteiger partial charge in [-0.05, 0) is 18.9 Å². The molecule has 5 heteroatoms. The van der Waals surface area contributed by atoms with E-state index in [1.807, 2.05) is 11.3 Å². The Morgan fingerprint density at radius 2 is 2.11 bits per heavy atom. The van der Waals surface area contributed by atoms with Gasteiger partial charge in [0.15, 0.2) is 5.13 Å². The molecule has 0 aliphatic carbocycles. The molecule has 0 amide bonds. The Morgan fingerprint density at radius 3 is 2.74 bits per heavy atom. The standard InChI is InChI=1S/C14H25N3OS/c1-4-12-13(10-15-9-11(2)3)19-14(16-12)17-5-7-18-8-6-17/h11,15H,4-10H2,1-3H3. The van der Waals surface area contributed by atoms with Crippen molar-refractivity contribution in [3.8, 4) is 0 Å². The average molecular weight is 283 g/mol. The van der Waals surface area contributed by atoms with Gasteiger partial charge in [0, 0.05) is 24.5 Å². The molecule has 1 aromatic rings. The van der Waals surface area contributed by atoms with Crippen molar-refractivity contribution in [2.24, 2.45) is 5.92 Å². The van der Waals surface area contributed by atoms with Gasteiger partial charge in [-0.15, -0.1) is 11.3 Å². The number of thiazole rings is 1. The van der Waals surface area contributed by atoms with Crippen LogP contribution in [0.25, 0.3) is 0 Å². The fraction of sp³-hybridized carbons (Fsp3) is 0.786. The minimum Gasteiger partial charge on any atom is -0.378 e. The van der Waals surface area contributed by atoms with Crippen LogP contribution in [-0.2, 0) is 17.7 Å². The predicted molar refractivity (Wildman–Crippen MR) is 81.1 cm³/mol. The molecular weight excluding hydrogens is 258 g/mol. The molecule has 0 unspecified atom stereocenters. The zero-order valence-electron chi connectivity index (χ0n) is 12.2. The highest BCUT2D eigenvalue weighted by Gasteiger charge is 2.17. The topological polar surface area (TPSA) is 37.4 Å². The number of anilines is 1. The van der Waals surface area contributed by atoms with Gasteiger partial charge in [-0.3, -0.25) is 0 Å². The summed E-state index contributed by atoms with van der Waals surface area (Å²) in [6.07, 6.45) is 1.01. The molecule has 1 N–H and O–H groups in total. The maximum Gasteiger partial charge on any atom is 0.185 e. The van der Waals surface area contributed by atoms with E-state index < -0.39 is 0 Å². The van der Waals surface area contributed by atoms with Crippen LogP contribution in [0.2, 0.25) is 0 Å². The van der Waals surface area contributed by atoms with Crippen LogP contribution in [-0.4, -0.2) is 37.8 Å². The van der Waals surface area contributed by atoms with Crippen LogP contribution in [0, 0.1) is 5.92 Å². The fourth-order valence-electron chi connectivity index (χ4n) is 2.15. The third-order valence-electron chi connectivity index (χ3n) is 3.22. The normalized spacial score (nSPS) is 16.3. The average Bonchev–Trinajstić information content (AvgIpc) is 2.83. The van der Waals surface area contributed by atoms with Crippen molar-refractivity contribution >= 4 is 16.5 Å². The first-order valence-corrected chi connectivity index (χ1v) is 8.04. The molecule has 4 nitrogen and oxygen atoms in total. The van der Waals surface area contributed by atoms with Crippen molar-refractivity contribution < 1.29 is 4.74 Å². The smallest absolute Gasteiger partial charge is 0.185 e. The number of nitrogens with one attached hydrogen (secondary N) is 1. The molecule has 1 aliphatic rings. The lowest BCUT2D eigenvalue weighted by atomic mass is 10.2. The Balaban J connectivity index is 1.99. The van der Waals surface area contributed by atoms with Crippen LogP contribution in [0.1, 0.15) is 31.3 Å². The molecule has 2 rings (SSSR count). The molecule has 0 bridgehead atoms. The molecule has 0 radical (unpaired) electrons. The van der Waals surface area contributed by atoms with Crippen molar-refractivity contribution in [2.45, 2.75) is 33.7 Å². The van der Waals surface area contributed by atoms with Crippen molar-refractivity contribution in [2.75, 3.05) is 37.7 Å². The number of aromatic nitrogens is 1. The Labute approximate surface area is 120 Å². The van der Waals surface area contributed by atoms with Crippen molar-refractivity contribution in [1.29, 1.82) is 0 Å². The van der Waals surface area contributed by atoms with Crippen LogP contribution >= 0.6 is 11.3 Å². The third-order valence-corrected chi connectivity index (χ3v) is 4.38. The van der Waals surface area contributed by atoms with E-state index in [4.69, 9.17) is 9.72 Å². The number of nitrogens with zero attached hydrogens (tertiary/aromatic N) is 2. The molecule has 2 heterocycles. The summed E-state index contributed by atoms with van der Waals surface area (Å²) in [5, 5.41) is 4.69. The minimum atomic E-state index is 0.691. The number of ether oxygens (including phenoxy) is 1. The van der Waals surface area contributed by atoms with E-state index in [1.165, 1.54) is 15.7 Å². The molecule has 1 fully saturated rings. The zero-order valence-corrected chi connectivity index (χ0v) is 13.1. The molecule has 0 aromatic carbocycles. The highest BCUT2D eigenvalue weighted by atomic mass is 32.1. The van der Waals surface area contributed by atoms with E-state index in [0.29, 0.717) is 5.92 Å². The summed E-state index contributed by atoms with van der Waals surface area (Å²) >= 11 is 1.84. The Bertz CT molecular complexity index is 386. The quantitative estimate of drug-likeness (QED) is 0.869. The number of hydrogen-bond donors (Lipinski definition) is 1. The van der Waals surface area contributed by atoms with E-state index in [9.17, 15) is 0 Å². The third kappa shape index (κ3) is 4.16. The van der Waals surface area contributed by atoms with Crippen LogP contribution in [0.15, 0.2) is 0 Å². The highest BCUT2D eigenvalue weighted by molar-refractivity contribution is 7.15. The van der Waals surface area contributed by atoms with Gasteiger partial charge in [0.1, 0.15) is 0 Å². The molecular formula is C14H25N3OS. The molecule has 0 saturated carbocycles. The Morgan fingerprint density at radius 1 is 1.37 bits per heavy atom. The second-order valence-electron chi connectivity index (χ2n) is 5.34. The van der Waals surface area contributed by atoms with E-state index >= 15 is 0 Å². The Hall–Kier alpha value is -0.650. The highest BCUT2D eigenvalue weighted by Crippen LogP contribution is 2.27. The van der Waals surface area contributed by atoms with Gasteiger partial charge in [0.05, 0.1) is 18.9 Å². The van der Waals surface area contributed by atoms with Gasteiger partial charge >= 0.3 is 0 Å². The van der Waals surface area contributed by atoms with Gasteiger partial charge in [0.2, 0.25) is 0 Å². The monoisotopic (exact) mass is 283 g/mol. The lowest BCUT2D eigenvalue weighted by Gasteiger charge is -2.26. The molecule has 1 saturated heterocycles. The fourth-order valence-corrected chi connectivity index (χ4v) is 3.32. The van der Waals surface area contributed by atoms with Crippen LogP contribution in [0.5, 0.6) is 0 Å². The molecule has 1 aromatic heterocycles. The summed E-state index contributed by atoms with van der Waals surface area (Å²) in [6, 6.07) is 0. The van der Waals surface area contributed by atoms with E-state index in [1.54, 1.807) is 0 Å². The van der Waals surface area contributed by atoms with Gasteiger partial charge in [-0.2, -0.15) is 0 Å². The molecule has 19 heavy (non-hydrogen) atoms. The molecule has 0 atom stereocenters. The summed E-state index contributed by atoms with van der Waals surface area (Å²) in [7, 11) is 0. The van der Waals surface area contributed by atoms with Gasteiger partial charge in [0.25, 0.3) is 0 Å². The lowest BCUT2D eigenvalue weighted by molar-refractivity contribution is 0.122. The number of hydrogen-bond acceptors (Lipinski definition) is 5. The minimum absolute atomic E-state index is 0.691. The largest absolute Gasteiger partial charge is 0.378 e. The predicted octanol–water partition coefficient (Wildman–Crippen LogP) is 2.29. The van der Waals surface area contributed by atoms with Gasteiger partial charge < -0.3 is 15.0 Å².